The maximum atomic E-state index is 11.4. The number of aliphatic hydroxyl groups is 1. The van der Waals surface area contributed by atoms with Gasteiger partial charge in [0.25, 0.3) is 0 Å². The summed E-state index contributed by atoms with van der Waals surface area (Å²) in [6.45, 7) is -0.332. The summed E-state index contributed by atoms with van der Waals surface area (Å²) in [5, 5.41) is 23.5. The van der Waals surface area contributed by atoms with E-state index in [-0.39, 0.29) is 19.6 Å². The van der Waals surface area contributed by atoms with Crippen LogP contribution in [-0.2, 0) is 16.1 Å². The number of aromatic nitrogens is 2. The maximum Gasteiger partial charge on any atom is 0.326 e. The molecule has 1 heterocycles. The molecule has 88 valence electrons. The molecule has 7 nitrogen and oxygen atoms in total. The summed E-state index contributed by atoms with van der Waals surface area (Å²) in [4.78, 5) is 22.1. The van der Waals surface area contributed by atoms with Crippen molar-refractivity contribution in [3.05, 3.63) is 18.5 Å². The summed E-state index contributed by atoms with van der Waals surface area (Å²) in [5.74, 6) is -1.62. The molecular formula is C9H13N3O4. The standard InChI is InChI=1S/C9H13N3O4/c13-5-2-7(9(15)16)11-8(14)6-12-4-1-3-10-12/h1,3-4,7,13H,2,5-6H2,(H,11,14)(H,15,16)/t7-/m1/s1. The predicted octanol–water partition coefficient (Wildman–Crippen LogP) is -1.17. The summed E-state index contributed by atoms with van der Waals surface area (Å²) in [5.41, 5.74) is 0. The molecule has 0 aliphatic heterocycles. The highest BCUT2D eigenvalue weighted by molar-refractivity contribution is 5.83. The van der Waals surface area contributed by atoms with Crippen LogP contribution in [0, 0.1) is 0 Å². The molecule has 0 saturated heterocycles. The van der Waals surface area contributed by atoms with E-state index in [0.717, 1.165) is 0 Å². The van der Waals surface area contributed by atoms with Gasteiger partial charge in [-0.15, -0.1) is 0 Å². The van der Waals surface area contributed by atoms with Crippen molar-refractivity contribution in [2.75, 3.05) is 6.61 Å². The Morgan fingerprint density at radius 3 is 2.75 bits per heavy atom. The maximum absolute atomic E-state index is 11.4. The van der Waals surface area contributed by atoms with E-state index in [2.05, 4.69) is 10.4 Å². The lowest BCUT2D eigenvalue weighted by Crippen LogP contribution is -2.42. The lowest BCUT2D eigenvalue weighted by atomic mass is 10.2. The molecule has 1 aromatic heterocycles. The van der Waals surface area contributed by atoms with E-state index in [4.69, 9.17) is 10.2 Å². The SMILES string of the molecule is O=C(Cn1cccn1)N[C@H](CCO)C(=O)O. The Labute approximate surface area is 91.7 Å². The van der Waals surface area contributed by atoms with E-state index in [1.54, 1.807) is 12.3 Å². The third-order valence-electron chi connectivity index (χ3n) is 1.92. The number of carbonyl (C=O) groups is 2. The van der Waals surface area contributed by atoms with Crippen LogP contribution in [0.4, 0.5) is 0 Å². The van der Waals surface area contributed by atoms with Gasteiger partial charge in [-0.1, -0.05) is 0 Å². The third-order valence-corrected chi connectivity index (χ3v) is 1.92. The number of amides is 1. The van der Waals surface area contributed by atoms with E-state index < -0.39 is 17.9 Å². The van der Waals surface area contributed by atoms with Crippen molar-refractivity contribution in [2.45, 2.75) is 19.0 Å². The van der Waals surface area contributed by atoms with Crippen molar-refractivity contribution in [3.8, 4) is 0 Å². The Balaban J connectivity index is 2.45. The fraction of sp³-hybridized carbons (Fsp3) is 0.444. The van der Waals surface area contributed by atoms with Gasteiger partial charge in [0, 0.05) is 25.4 Å². The Morgan fingerprint density at radius 2 is 2.25 bits per heavy atom. The Kier molecular flexibility index (Phi) is 4.46. The average Bonchev–Trinajstić information content (AvgIpc) is 2.69. The van der Waals surface area contributed by atoms with Gasteiger partial charge < -0.3 is 15.5 Å². The van der Waals surface area contributed by atoms with E-state index in [1.165, 1.54) is 10.9 Å². The first kappa shape index (κ1) is 12.2. The molecule has 0 spiro atoms. The molecule has 1 atom stereocenters. The monoisotopic (exact) mass is 227 g/mol. The van der Waals surface area contributed by atoms with E-state index in [9.17, 15) is 9.59 Å². The van der Waals surface area contributed by atoms with Crippen molar-refractivity contribution >= 4 is 11.9 Å². The van der Waals surface area contributed by atoms with Gasteiger partial charge in [-0.05, 0) is 6.07 Å². The molecule has 0 saturated carbocycles. The third kappa shape index (κ3) is 3.70. The molecule has 0 aliphatic carbocycles. The number of nitrogens with zero attached hydrogens (tertiary/aromatic N) is 2. The van der Waals surface area contributed by atoms with Crippen LogP contribution in [0.2, 0.25) is 0 Å². The van der Waals surface area contributed by atoms with E-state index >= 15 is 0 Å². The number of aliphatic hydroxyl groups excluding tert-OH is 1. The van der Waals surface area contributed by atoms with Crippen molar-refractivity contribution in [1.29, 1.82) is 0 Å². The van der Waals surface area contributed by atoms with Crippen molar-refractivity contribution in [3.63, 3.8) is 0 Å². The minimum Gasteiger partial charge on any atom is -0.480 e. The van der Waals surface area contributed by atoms with Crippen LogP contribution in [0.25, 0.3) is 0 Å². The minimum atomic E-state index is -1.16. The lowest BCUT2D eigenvalue weighted by Gasteiger charge is -2.12. The van der Waals surface area contributed by atoms with Crippen molar-refractivity contribution < 1.29 is 19.8 Å². The van der Waals surface area contributed by atoms with Gasteiger partial charge in [0.05, 0.1) is 0 Å². The van der Waals surface area contributed by atoms with Crippen molar-refractivity contribution in [1.82, 2.24) is 15.1 Å². The summed E-state index contributed by atoms with van der Waals surface area (Å²) >= 11 is 0. The Hall–Kier alpha value is -1.89. The van der Waals surface area contributed by atoms with Crippen LogP contribution < -0.4 is 5.32 Å². The molecule has 3 N–H and O–H groups in total. The van der Waals surface area contributed by atoms with Crippen LogP contribution in [0.15, 0.2) is 18.5 Å². The predicted molar refractivity (Wildman–Crippen MR) is 53.5 cm³/mol. The number of rotatable bonds is 6. The smallest absolute Gasteiger partial charge is 0.326 e. The minimum absolute atomic E-state index is 0.0137. The Morgan fingerprint density at radius 1 is 1.50 bits per heavy atom. The largest absolute Gasteiger partial charge is 0.480 e. The quantitative estimate of drug-likeness (QED) is 0.568. The second-order valence-electron chi connectivity index (χ2n) is 3.17. The highest BCUT2D eigenvalue weighted by Crippen LogP contribution is 1.92. The van der Waals surface area contributed by atoms with Gasteiger partial charge in [-0.3, -0.25) is 9.48 Å². The molecule has 1 rings (SSSR count). The first-order valence-corrected chi connectivity index (χ1v) is 4.74. The number of aliphatic carboxylic acids is 1. The summed E-state index contributed by atoms with van der Waals surface area (Å²) < 4.78 is 1.38. The molecule has 1 aromatic rings. The topological polar surface area (TPSA) is 104 Å². The van der Waals surface area contributed by atoms with Crippen molar-refractivity contribution in [2.24, 2.45) is 0 Å². The molecule has 0 aliphatic rings. The number of nitrogens with one attached hydrogen (secondary N) is 1. The van der Waals surface area contributed by atoms with E-state index in [1.807, 2.05) is 0 Å². The lowest BCUT2D eigenvalue weighted by molar-refractivity contribution is -0.142. The first-order chi connectivity index (χ1) is 7.63. The van der Waals surface area contributed by atoms with Crippen LogP contribution in [0.3, 0.4) is 0 Å². The fourth-order valence-electron chi connectivity index (χ4n) is 1.17. The Bertz CT molecular complexity index is 350. The normalized spacial score (nSPS) is 12.1. The van der Waals surface area contributed by atoms with Gasteiger partial charge in [0.2, 0.25) is 5.91 Å². The van der Waals surface area contributed by atoms with Gasteiger partial charge in [0.1, 0.15) is 12.6 Å². The number of hydrogen-bond acceptors (Lipinski definition) is 4. The molecule has 0 fully saturated rings. The highest BCUT2D eigenvalue weighted by Gasteiger charge is 2.19. The highest BCUT2D eigenvalue weighted by atomic mass is 16.4. The van der Waals surface area contributed by atoms with Gasteiger partial charge in [0.15, 0.2) is 0 Å². The molecule has 1 amide bonds. The molecule has 16 heavy (non-hydrogen) atoms. The van der Waals surface area contributed by atoms with Crippen LogP contribution in [0.1, 0.15) is 6.42 Å². The van der Waals surface area contributed by atoms with Gasteiger partial charge >= 0.3 is 5.97 Å². The zero-order valence-corrected chi connectivity index (χ0v) is 8.54. The summed E-state index contributed by atoms with van der Waals surface area (Å²) in [6, 6.07) is 0.600. The fourth-order valence-corrected chi connectivity index (χ4v) is 1.17. The second-order valence-corrected chi connectivity index (χ2v) is 3.17. The number of carboxylic acids is 1. The average molecular weight is 227 g/mol. The number of carbonyl (C=O) groups excluding carboxylic acids is 1. The molecule has 0 bridgehead atoms. The molecular weight excluding hydrogens is 214 g/mol. The van der Waals surface area contributed by atoms with Crippen LogP contribution in [0.5, 0.6) is 0 Å². The van der Waals surface area contributed by atoms with Crippen LogP contribution in [-0.4, -0.2) is 44.5 Å². The zero-order chi connectivity index (χ0) is 12.0. The number of carboxylic acid groups (broad SMARTS) is 1. The molecule has 0 unspecified atom stereocenters. The second kappa shape index (κ2) is 5.86. The summed E-state index contributed by atoms with van der Waals surface area (Å²) in [6.07, 6.45) is 3.11. The number of hydrogen-bond donors (Lipinski definition) is 3. The first-order valence-electron chi connectivity index (χ1n) is 4.74. The van der Waals surface area contributed by atoms with Crippen LogP contribution >= 0.6 is 0 Å². The summed E-state index contributed by atoms with van der Waals surface area (Å²) in [7, 11) is 0. The van der Waals surface area contributed by atoms with Gasteiger partial charge in [-0.2, -0.15) is 5.10 Å². The molecule has 0 aromatic carbocycles. The molecule has 0 radical (unpaired) electrons. The van der Waals surface area contributed by atoms with Gasteiger partial charge in [-0.25, -0.2) is 4.79 Å². The molecule has 7 heteroatoms. The zero-order valence-electron chi connectivity index (χ0n) is 8.54. The van der Waals surface area contributed by atoms with E-state index in [0.29, 0.717) is 0 Å².